The maximum Gasteiger partial charge on any atom is 0.245 e. The van der Waals surface area contributed by atoms with E-state index >= 15 is 0 Å². The number of carbonyl (C=O) groups is 1. The van der Waals surface area contributed by atoms with Gasteiger partial charge in [0.1, 0.15) is 6.17 Å². The zero-order valence-corrected chi connectivity index (χ0v) is 18.8. The van der Waals surface area contributed by atoms with Crippen LogP contribution in [0.1, 0.15) is 24.2 Å². The number of carbonyl (C=O) groups excluding carboxylic acids is 1. The Morgan fingerprint density at radius 3 is 2.32 bits per heavy atom. The Balaban J connectivity index is 1.68. The summed E-state index contributed by atoms with van der Waals surface area (Å²) < 4.78 is 34.0. The van der Waals surface area contributed by atoms with Crippen LogP contribution in [0.25, 0.3) is 0 Å². The highest BCUT2D eigenvalue weighted by Gasteiger charge is 2.47. The van der Waals surface area contributed by atoms with Crippen LogP contribution in [0.3, 0.4) is 0 Å². The SMILES string of the molecule is Cc1ccc(S(=O)(=O)N2C[C@H](C)N(C(=O)CN3CCOCC3)[C@@H]2c2ccccc2)cc1. The fourth-order valence-corrected chi connectivity index (χ4v) is 5.92. The minimum Gasteiger partial charge on any atom is -0.379 e. The summed E-state index contributed by atoms with van der Waals surface area (Å²) in [6.45, 7) is 6.98. The number of morpholine rings is 1. The Morgan fingerprint density at radius 1 is 1.03 bits per heavy atom. The fraction of sp³-hybridized carbons (Fsp3) is 0.435. The molecule has 2 aliphatic rings. The fourth-order valence-electron chi connectivity index (χ4n) is 4.27. The van der Waals surface area contributed by atoms with Crippen LogP contribution in [0.15, 0.2) is 59.5 Å². The molecular weight excluding hydrogens is 414 g/mol. The van der Waals surface area contributed by atoms with Gasteiger partial charge in [-0.2, -0.15) is 4.31 Å². The van der Waals surface area contributed by atoms with Crippen LogP contribution in [0.4, 0.5) is 0 Å². The van der Waals surface area contributed by atoms with Crippen LogP contribution in [0.2, 0.25) is 0 Å². The zero-order chi connectivity index (χ0) is 22.0. The first kappa shape index (κ1) is 22.0. The molecule has 2 fully saturated rings. The second-order valence-electron chi connectivity index (χ2n) is 8.21. The van der Waals surface area contributed by atoms with Gasteiger partial charge in [-0.25, -0.2) is 8.42 Å². The molecule has 2 aliphatic heterocycles. The molecule has 0 spiro atoms. The van der Waals surface area contributed by atoms with Gasteiger partial charge in [0, 0.05) is 25.7 Å². The van der Waals surface area contributed by atoms with E-state index in [2.05, 4.69) is 4.90 Å². The molecule has 2 heterocycles. The number of aryl methyl sites for hydroxylation is 1. The molecule has 166 valence electrons. The normalized spacial score (nSPS) is 23.2. The molecule has 0 saturated carbocycles. The van der Waals surface area contributed by atoms with Crippen molar-refractivity contribution in [3.8, 4) is 0 Å². The van der Waals surface area contributed by atoms with Crippen LogP contribution in [0, 0.1) is 6.92 Å². The Kier molecular flexibility index (Phi) is 6.43. The van der Waals surface area contributed by atoms with Gasteiger partial charge in [-0.05, 0) is 31.5 Å². The molecule has 2 aromatic carbocycles. The van der Waals surface area contributed by atoms with Gasteiger partial charge in [0.05, 0.1) is 24.7 Å². The molecule has 31 heavy (non-hydrogen) atoms. The summed E-state index contributed by atoms with van der Waals surface area (Å²) in [6.07, 6.45) is -0.670. The van der Waals surface area contributed by atoms with Crippen LogP contribution in [-0.2, 0) is 19.6 Å². The summed E-state index contributed by atoms with van der Waals surface area (Å²) in [6, 6.07) is 16.0. The van der Waals surface area contributed by atoms with Crippen molar-refractivity contribution in [1.29, 1.82) is 0 Å². The Bertz CT molecular complexity index is 1000. The third-order valence-corrected chi connectivity index (χ3v) is 7.77. The molecule has 4 rings (SSSR count). The summed E-state index contributed by atoms with van der Waals surface area (Å²) in [7, 11) is -3.78. The van der Waals surface area contributed by atoms with Gasteiger partial charge in [-0.15, -0.1) is 0 Å². The van der Waals surface area contributed by atoms with E-state index in [1.165, 1.54) is 4.31 Å². The first-order chi connectivity index (χ1) is 14.9. The molecule has 0 aliphatic carbocycles. The van der Waals surface area contributed by atoms with Gasteiger partial charge in [0.25, 0.3) is 0 Å². The van der Waals surface area contributed by atoms with Gasteiger partial charge < -0.3 is 9.64 Å². The monoisotopic (exact) mass is 443 g/mol. The van der Waals surface area contributed by atoms with Crippen LogP contribution in [0.5, 0.6) is 0 Å². The number of amides is 1. The van der Waals surface area contributed by atoms with E-state index in [4.69, 9.17) is 4.74 Å². The minimum atomic E-state index is -3.78. The maximum atomic E-state index is 13.6. The van der Waals surface area contributed by atoms with Crippen LogP contribution in [-0.4, -0.2) is 73.9 Å². The van der Waals surface area contributed by atoms with E-state index in [0.717, 1.165) is 11.1 Å². The van der Waals surface area contributed by atoms with E-state index in [-0.39, 0.29) is 29.9 Å². The molecule has 0 radical (unpaired) electrons. The van der Waals surface area contributed by atoms with Crippen molar-refractivity contribution in [3.63, 3.8) is 0 Å². The van der Waals surface area contributed by atoms with E-state index in [1.807, 2.05) is 44.2 Å². The number of rotatable bonds is 5. The minimum absolute atomic E-state index is 0.0649. The highest BCUT2D eigenvalue weighted by Crippen LogP contribution is 2.38. The Hall–Kier alpha value is -2.26. The lowest BCUT2D eigenvalue weighted by molar-refractivity contribution is -0.137. The third-order valence-electron chi connectivity index (χ3n) is 5.93. The smallest absolute Gasteiger partial charge is 0.245 e. The van der Waals surface area contributed by atoms with E-state index in [1.54, 1.807) is 29.2 Å². The summed E-state index contributed by atoms with van der Waals surface area (Å²) in [5.74, 6) is -0.0649. The molecule has 8 heteroatoms. The topological polar surface area (TPSA) is 70.2 Å². The average molecular weight is 444 g/mol. The van der Waals surface area contributed by atoms with Crippen molar-refractivity contribution in [2.45, 2.75) is 31.0 Å². The van der Waals surface area contributed by atoms with E-state index in [9.17, 15) is 13.2 Å². The number of sulfonamides is 1. The van der Waals surface area contributed by atoms with E-state index in [0.29, 0.717) is 26.3 Å². The molecule has 0 bridgehead atoms. The zero-order valence-electron chi connectivity index (χ0n) is 18.0. The highest BCUT2D eigenvalue weighted by molar-refractivity contribution is 7.89. The van der Waals surface area contributed by atoms with Crippen molar-refractivity contribution in [2.24, 2.45) is 0 Å². The molecule has 0 aromatic heterocycles. The maximum absolute atomic E-state index is 13.6. The van der Waals surface area contributed by atoms with Crippen molar-refractivity contribution in [2.75, 3.05) is 39.4 Å². The van der Waals surface area contributed by atoms with Gasteiger partial charge in [0.15, 0.2) is 0 Å². The van der Waals surface area contributed by atoms with Gasteiger partial charge in [0.2, 0.25) is 15.9 Å². The number of hydrogen-bond acceptors (Lipinski definition) is 5. The van der Waals surface area contributed by atoms with Gasteiger partial charge in [-0.1, -0.05) is 48.0 Å². The lowest BCUT2D eigenvalue weighted by Crippen LogP contribution is -2.47. The van der Waals surface area contributed by atoms with Crippen LogP contribution >= 0.6 is 0 Å². The van der Waals surface area contributed by atoms with Crippen molar-refractivity contribution in [1.82, 2.24) is 14.1 Å². The van der Waals surface area contributed by atoms with Gasteiger partial charge >= 0.3 is 0 Å². The van der Waals surface area contributed by atoms with Crippen LogP contribution < -0.4 is 0 Å². The summed E-state index contributed by atoms with van der Waals surface area (Å²) in [5, 5.41) is 0. The molecule has 2 saturated heterocycles. The first-order valence-corrected chi connectivity index (χ1v) is 12.1. The summed E-state index contributed by atoms with van der Waals surface area (Å²) >= 11 is 0. The predicted molar refractivity (Wildman–Crippen MR) is 118 cm³/mol. The number of ether oxygens (including phenoxy) is 1. The lowest BCUT2D eigenvalue weighted by atomic mass is 10.1. The second kappa shape index (κ2) is 9.08. The molecule has 0 N–H and O–H groups in total. The van der Waals surface area contributed by atoms with Crippen molar-refractivity contribution < 1.29 is 17.9 Å². The highest BCUT2D eigenvalue weighted by atomic mass is 32.2. The van der Waals surface area contributed by atoms with Crippen molar-refractivity contribution >= 4 is 15.9 Å². The third kappa shape index (κ3) is 4.52. The first-order valence-electron chi connectivity index (χ1n) is 10.6. The number of benzene rings is 2. The molecule has 0 unspecified atom stereocenters. The Morgan fingerprint density at radius 2 is 1.68 bits per heavy atom. The standard InChI is InChI=1S/C23H29N3O4S/c1-18-8-10-21(11-9-18)31(28,29)25-16-19(2)26(23(25)20-6-4-3-5-7-20)22(27)17-24-12-14-30-15-13-24/h3-11,19,23H,12-17H2,1-2H3/t19-,23+/m0/s1. The summed E-state index contributed by atoms with van der Waals surface area (Å²) in [5.41, 5.74) is 1.79. The lowest BCUT2D eigenvalue weighted by Gasteiger charge is -2.34. The van der Waals surface area contributed by atoms with E-state index < -0.39 is 16.2 Å². The molecule has 7 nitrogen and oxygen atoms in total. The van der Waals surface area contributed by atoms with Crippen molar-refractivity contribution in [3.05, 3.63) is 65.7 Å². The average Bonchev–Trinajstić information content (AvgIpc) is 3.13. The number of nitrogens with zero attached hydrogens (tertiary/aromatic N) is 3. The second-order valence-corrected chi connectivity index (χ2v) is 10.1. The molecular formula is C23H29N3O4S. The largest absolute Gasteiger partial charge is 0.379 e. The Labute approximate surface area is 184 Å². The number of hydrogen-bond donors (Lipinski definition) is 0. The predicted octanol–water partition coefficient (Wildman–Crippen LogP) is 2.25. The molecule has 2 aromatic rings. The van der Waals surface area contributed by atoms with Gasteiger partial charge in [-0.3, -0.25) is 9.69 Å². The quantitative estimate of drug-likeness (QED) is 0.709. The summed E-state index contributed by atoms with van der Waals surface area (Å²) in [4.78, 5) is 17.4. The molecule has 1 amide bonds. The molecule has 2 atom stereocenters.